The zero-order chi connectivity index (χ0) is 15.6. The van der Waals surface area contributed by atoms with E-state index in [-0.39, 0.29) is 36.7 Å². The standard InChI is InChI=1S/C15H26N2O4/c1-15(2,3)17(8-7-13(18)19)14(20)16-9-10-21-12-6-4-5-11(12)16/h11-12H,4-10H2,1-3H3,(H,18,19). The van der Waals surface area contributed by atoms with Gasteiger partial charge in [-0.05, 0) is 40.0 Å². The third kappa shape index (κ3) is 3.67. The van der Waals surface area contributed by atoms with Crippen molar-refractivity contribution in [1.82, 2.24) is 9.80 Å². The molecular weight excluding hydrogens is 272 g/mol. The van der Waals surface area contributed by atoms with Crippen LogP contribution in [0, 0.1) is 0 Å². The van der Waals surface area contributed by atoms with Crippen LogP contribution in [0.2, 0.25) is 0 Å². The lowest BCUT2D eigenvalue weighted by Crippen LogP contribution is -2.59. The first-order chi connectivity index (χ1) is 9.80. The van der Waals surface area contributed by atoms with E-state index in [9.17, 15) is 9.59 Å². The van der Waals surface area contributed by atoms with E-state index in [1.165, 1.54) is 0 Å². The second-order valence-corrected chi connectivity index (χ2v) is 6.85. The fourth-order valence-electron chi connectivity index (χ4n) is 3.24. The first-order valence-electron chi connectivity index (χ1n) is 7.72. The Morgan fingerprint density at radius 3 is 2.67 bits per heavy atom. The Hall–Kier alpha value is -1.30. The van der Waals surface area contributed by atoms with Crippen LogP contribution in [0.5, 0.6) is 0 Å². The second-order valence-electron chi connectivity index (χ2n) is 6.85. The highest BCUT2D eigenvalue weighted by Crippen LogP contribution is 2.31. The molecule has 2 unspecified atom stereocenters. The predicted octanol–water partition coefficient (Wildman–Crippen LogP) is 1.93. The van der Waals surface area contributed by atoms with Crippen molar-refractivity contribution in [2.75, 3.05) is 19.7 Å². The van der Waals surface area contributed by atoms with E-state index < -0.39 is 5.97 Å². The highest BCUT2D eigenvalue weighted by atomic mass is 16.5. The molecule has 120 valence electrons. The van der Waals surface area contributed by atoms with Gasteiger partial charge in [-0.1, -0.05) is 0 Å². The number of carboxylic acids is 1. The Labute approximate surface area is 126 Å². The van der Waals surface area contributed by atoms with E-state index in [0.717, 1.165) is 19.3 Å². The zero-order valence-corrected chi connectivity index (χ0v) is 13.2. The number of ether oxygens (including phenoxy) is 1. The number of carbonyl (C=O) groups excluding carboxylic acids is 1. The molecule has 0 radical (unpaired) electrons. The fraction of sp³-hybridized carbons (Fsp3) is 0.867. The van der Waals surface area contributed by atoms with Crippen molar-refractivity contribution in [1.29, 1.82) is 0 Å². The summed E-state index contributed by atoms with van der Waals surface area (Å²) >= 11 is 0. The Morgan fingerprint density at radius 2 is 2.05 bits per heavy atom. The lowest BCUT2D eigenvalue weighted by atomic mass is 10.1. The average molecular weight is 298 g/mol. The Kier molecular flexibility index (Phi) is 4.76. The number of urea groups is 1. The molecule has 1 N–H and O–H groups in total. The van der Waals surface area contributed by atoms with Crippen molar-refractivity contribution < 1.29 is 19.4 Å². The maximum Gasteiger partial charge on any atom is 0.320 e. The van der Waals surface area contributed by atoms with Gasteiger partial charge in [0.1, 0.15) is 0 Å². The first kappa shape index (κ1) is 16.1. The second kappa shape index (κ2) is 6.22. The zero-order valence-electron chi connectivity index (χ0n) is 13.2. The molecule has 0 bridgehead atoms. The summed E-state index contributed by atoms with van der Waals surface area (Å²) in [4.78, 5) is 27.3. The molecule has 2 rings (SSSR count). The largest absolute Gasteiger partial charge is 0.481 e. The van der Waals surface area contributed by atoms with E-state index in [1.54, 1.807) is 4.90 Å². The molecule has 0 aromatic rings. The fourth-order valence-corrected chi connectivity index (χ4v) is 3.24. The highest BCUT2D eigenvalue weighted by molar-refractivity contribution is 5.77. The van der Waals surface area contributed by atoms with Gasteiger partial charge in [0.05, 0.1) is 25.2 Å². The summed E-state index contributed by atoms with van der Waals surface area (Å²) in [6.07, 6.45) is 3.21. The van der Waals surface area contributed by atoms with Gasteiger partial charge in [-0.2, -0.15) is 0 Å². The van der Waals surface area contributed by atoms with E-state index in [0.29, 0.717) is 13.2 Å². The number of fused-ring (bicyclic) bond motifs is 1. The maximum absolute atomic E-state index is 12.9. The van der Waals surface area contributed by atoms with Gasteiger partial charge >= 0.3 is 12.0 Å². The summed E-state index contributed by atoms with van der Waals surface area (Å²) in [5.41, 5.74) is -0.390. The topological polar surface area (TPSA) is 70.1 Å². The van der Waals surface area contributed by atoms with E-state index >= 15 is 0 Å². The van der Waals surface area contributed by atoms with Gasteiger partial charge in [-0.3, -0.25) is 4.79 Å². The molecule has 6 nitrogen and oxygen atoms in total. The molecule has 2 atom stereocenters. The van der Waals surface area contributed by atoms with Gasteiger partial charge in [-0.25, -0.2) is 4.79 Å². The first-order valence-corrected chi connectivity index (χ1v) is 7.72. The van der Waals surface area contributed by atoms with Crippen LogP contribution in [-0.2, 0) is 9.53 Å². The molecule has 1 aliphatic carbocycles. The van der Waals surface area contributed by atoms with Crippen LogP contribution in [0.15, 0.2) is 0 Å². The maximum atomic E-state index is 12.9. The number of hydrogen-bond acceptors (Lipinski definition) is 3. The van der Waals surface area contributed by atoms with Gasteiger partial charge in [0.15, 0.2) is 0 Å². The minimum Gasteiger partial charge on any atom is -0.481 e. The van der Waals surface area contributed by atoms with Crippen molar-refractivity contribution in [2.24, 2.45) is 0 Å². The van der Waals surface area contributed by atoms with Gasteiger partial charge in [0, 0.05) is 18.6 Å². The quantitative estimate of drug-likeness (QED) is 0.864. The Balaban J connectivity index is 2.11. The predicted molar refractivity (Wildman–Crippen MR) is 78.2 cm³/mol. The van der Waals surface area contributed by atoms with E-state index in [1.807, 2.05) is 25.7 Å². The number of hydrogen-bond donors (Lipinski definition) is 1. The van der Waals surface area contributed by atoms with Crippen LogP contribution < -0.4 is 0 Å². The molecule has 0 aromatic carbocycles. The number of nitrogens with zero attached hydrogens (tertiary/aromatic N) is 2. The molecular formula is C15H26N2O4. The molecule has 2 amide bonds. The van der Waals surface area contributed by atoms with Crippen molar-refractivity contribution in [3.05, 3.63) is 0 Å². The van der Waals surface area contributed by atoms with Crippen LogP contribution in [-0.4, -0.2) is 64.3 Å². The van der Waals surface area contributed by atoms with Gasteiger partial charge < -0.3 is 19.6 Å². The molecule has 21 heavy (non-hydrogen) atoms. The average Bonchev–Trinajstić information content (AvgIpc) is 2.84. The lowest BCUT2D eigenvalue weighted by Gasteiger charge is -2.44. The van der Waals surface area contributed by atoms with E-state index in [2.05, 4.69) is 0 Å². The molecule has 1 saturated carbocycles. The molecule has 2 fully saturated rings. The smallest absolute Gasteiger partial charge is 0.320 e. The summed E-state index contributed by atoms with van der Waals surface area (Å²) in [7, 11) is 0. The molecule has 1 aliphatic heterocycles. The summed E-state index contributed by atoms with van der Waals surface area (Å²) in [5.74, 6) is -0.877. The third-order valence-corrected chi connectivity index (χ3v) is 4.32. The summed E-state index contributed by atoms with van der Waals surface area (Å²) < 4.78 is 5.74. The van der Waals surface area contributed by atoms with Crippen LogP contribution in [0.4, 0.5) is 4.79 Å². The van der Waals surface area contributed by atoms with Crippen molar-refractivity contribution in [3.8, 4) is 0 Å². The summed E-state index contributed by atoms with van der Waals surface area (Å²) in [5, 5.41) is 8.90. The Morgan fingerprint density at radius 1 is 1.33 bits per heavy atom. The number of aliphatic carboxylic acids is 1. The molecule has 0 aromatic heterocycles. The summed E-state index contributed by atoms with van der Waals surface area (Å²) in [6.45, 7) is 7.24. The molecule has 1 heterocycles. The normalized spacial score (nSPS) is 25.6. The highest BCUT2D eigenvalue weighted by Gasteiger charge is 2.41. The van der Waals surface area contributed by atoms with Crippen LogP contribution in [0.25, 0.3) is 0 Å². The molecule has 6 heteroatoms. The lowest BCUT2D eigenvalue weighted by molar-refractivity contribution is -0.137. The summed E-state index contributed by atoms with van der Waals surface area (Å²) in [6, 6.07) is 0.102. The molecule has 0 spiro atoms. The van der Waals surface area contributed by atoms with Crippen molar-refractivity contribution >= 4 is 12.0 Å². The van der Waals surface area contributed by atoms with E-state index in [4.69, 9.17) is 9.84 Å². The minimum absolute atomic E-state index is 0.0263. The van der Waals surface area contributed by atoms with Gasteiger partial charge in [0.2, 0.25) is 0 Å². The SMILES string of the molecule is CC(C)(C)N(CCC(=O)O)C(=O)N1CCOC2CCCC21. The number of carboxylic acid groups (broad SMARTS) is 1. The van der Waals surface area contributed by atoms with Gasteiger partial charge in [-0.15, -0.1) is 0 Å². The number of carbonyl (C=O) groups is 2. The minimum atomic E-state index is -0.877. The Bertz CT molecular complexity index is 405. The van der Waals surface area contributed by atoms with Crippen molar-refractivity contribution in [2.45, 2.75) is 64.1 Å². The van der Waals surface area contributed by atoms with Crippen molar-refractivity contribution in [3.63, 3.8) is 0 Å². The molecule has 2 aliphatic rings. The van der Waals surface area contributed by atoms with Gasteiger partial charge in [0.25, 0.3) is 0 Å². The third-order valence-electron chi connectivity index (χ3n) is 4.32. The monoisotopic (exact) mass is 298 g/mol. The number of morpholine rings is 1. The number of rotatable bonds is 3. The van der Waals surface area contributed by atoms with Crippen LogP contribution in [0.3, 0.4) is 0 Å². The number of amides is 2. The van der Waals surface area contributed by atoms with Crippen LogP contribution in [0.1, 0.15) is 46.5 Å². The molecule has 1 saturated heterocycles. The van der Waals surface area contributed by atoms with Crippen LogP contribution >= 0.6 is 0 Å².